The Morgan fingerprint density at radius 3 is 2.15 bits per heavy atom. The lowest BCUT2D eigenvalue weighted by Gasteiger charge is -2.33. The van der Waals surface area contributed by atoms with Crippen molar-refractivity contribution in [2.75, 3.05) is 10.8 Å². The quantitative estimate of drug-likeness (QED) is 0.311. The van der Waals surface area contributed by atoms with Crippen LogP contribution in [0.5, 0.6) is 0 Å². The summed E-state index contributed by atoms with van der Waals surface area (Å²) in [4.78, 5) is 28.3. The largest absolute Gasteiger partial charge is 0.352 e. The summed E-state index contributed by atoms with van der Waals surface area (Å²) in [6.45, 7) is 4.72. The Morgan fingerprint density at radius 1 is 0.949 bits per heavy atom. The van der Waals surface area contributed by atoms with Crippen LogP contribution in [0, 0.1) is 5.82 Å². The molecule has 3 aromatic rings. The molecule has 0 fully saturated rings. The molecule has 0 heterocycles. The van der Waals surface area contributed by atoms with E-state index in [1.54, 1.807) is 57.2 Å². The standard InChI is InChI=1S/C28H30Cl2FN3O4S/c1-4-26(28(36)32-19(2)3)33(17-20-10-15-24(29)25(30)16-20)27(35)18-34(22-13-11-21(31)12-14-22)39(37,38)23-8-6-5-7-9-23/h5-16,19,26H,4,17-18H2,1-3H3,(H,32,36)/t26-/m1/s1. The molecule has 39 heavy (non-hydrogen) atoms. The maximum Gasteiger partial charge on any atom is 0.264 e. The third kappa shape index (κ3) is 7.71. The van der Waals surface area contributed by atoms with Crippen molar-refractivity contribution in [1.29, 1.82) is 0 Å². The predicted molar refractivity (Wildman–Crippen MR) is 152 cm³/mol. The summed E-state index contributed by atoms with van der Waals surface area (Å²) in [7, 11) is -4.23. The van der Waals surface area contributed by atoms with E-state index < -0.39 is 34.3 Å². The van der Waals surface area contributed by atoms with Gasteiger partial charge in [0.2, 0.25) is 11.8 Å². The second kappa shape index (κ2) is 13.3. The summed E-state index contributed by atoms with van der Waals surface area (Å²) >= 11 is 12.3. The fourth-order valence-electron chi connectivity index (χ4n) is 3.99. The highest BCUT2D eigenvalue weighted by Gasteiger charge is 2.33. The first-order valence-electron chi connectivity index (χ1n) is 12.3. The van der Waals surface area contributed by atoms with Crippen molar-refractivity contribution < 1.29 is 22.4 Å². The van der Waals surface area contributed by atoms with Crippen molar-refractivity contribution in [3.05, 3.63) is 94.2 Å². The van der Waals surface area contributed by atoms with E-state index in [9.17, 15) is 22.4 Å². The van der Waals surface area contributed by atoms with E-state index >= 15 is 0 Å². The Balaban J connectivity index is 2.06. The van der Waals surface area contributed by atoms with Crippen LogP contribution in [0.1, 0.15) is 32.8 Å². The van der Waals surface area contributed by atoms with Crippen molar-refractivity contribution in [3.8, 4) is 0 Å². The number of hydrogen-bond acceptors (Lipinski definition) is 4. The summed E-state index contributed by atoms with van der Waals surface area (Å²) in [5.41, 5.74) is 0.704. The summed E-state index contributed by atoms with van der Waals surface area (Å²) in [6, 6.07) is 16.2. The summed E-state index contributed by atoms with van der Waals surface area (Å²) in [5.74, 6) is -1.56. The number of halogens is 3. The number of anilines is 1. The monoisotopic (exact) mass is 593 g/mol. The smallest absolute Gasteiger partial charge is 0.264 e. The van der Waals surface area contributed by atoms with Crippen LogP contribution >= 0.6 is 23.2 Å². The van der Waals surface area contributed by atoms with Crippen molar-refractivity contribution in [1.82, 2.24) is 10.2 Å². The number of carbonyl (C=O) groups is 2. The number of carbonyl (C=O) groups excluding carboxylic acids is 2. The maximum absolute atomic E-state index is 13.9. The third-order valence-corrected chi connectivity index (χ3v) is 8.41. The van der Waals surface area contributed by atoms with Crippen LogP contribution in [0.3, 0.4) is 0 Å². The molecule has 0 bridgehead atoms. The topological polar surface area (TPSA) is 86.8 Å². The zero-order valence-corrected chi connectivity index (χ0v) is 24.1. The average molecular weight is 595 g/mol. The van der Waals surface area contributed by atoms with Crippen molar-refractivity contribution in [3.63, 3.8) is 0 Å². The van der Waals surface area contributed by atoms with E-state index in [1.165, 1.54) is 29.2 Å². The van der Waals surface area contributed by atoms with Gasteiger partial charge in [0.05, 0.1) is 20.6 Å². The first-order valence-corrected chi connectivity index (χ1v) is 14.5. The molecule has 0 spiro atoms. The molecule has 208 valence electrons. The van der Waals surface area contributed by atoms with Crippen LogP contribution in [-0.2, 0) is 26.2 Å². The highest BCUT2D eigenvalue weighted by atomic mass is 35.5. The molecule has 7 nitrogen and oxygen atoms in total. The number of rotatable bonds is 11. The highest BCUT2D eigenvalue weighted by Crippen LogP contribution is 2.27. The molecule has 0 saturated carbocycles. The van der Waals surface area contributed by atoms with Gasteiger partial charge in [-0.25, -0.2) is 12.8 Å². The Bertz CT molecular complexity index is 1400. The Hall–Kier alpha value is -3.14. The lowest BCUT2D eigenvalue weighted by molar-refractivity contribution is -0.140. The van der Waals surface area contributed by atoms with E-state index in [1.807, 2.05) is 0 Å². The molecular formula is C28H30Cl2FN3O4S. The predicted octanol–water partition coefficient (Wildman–Crippen LogP) is 5.66. The zero-order valence-electron chi connectivity index (χ0n) is 21.8. The van der Waals surface area contributed by atoms with Crippen LogP contribution in [0.2, 0.25) is 10.0 Å². The number of hydrogen-bond donors (Lipinski definition) is 1. The van der Waals surface area contributed by atoms with Crippen LogP contribution in [0.15, 0.2) is 77.7 Å². The van der Waals surface area contributed by atoms with E-state index in [4.69, 9.17) is 23.2 Å². The van der Waals surface area contributed by atoms with Gasteiger partial charge in [-0.05, 0) is 74.4 Å². The van der Waals surface area contributed by atoms with Gasteiger partial charge in [-0.1, -0.05) is 54.4 Å². The number of sulfonamides is 1. The minimum atomic E-state index is -4.23. The van der Waals surface area contributed by atoms with E-state index in [0.29, 0.717) is 10.6 Å². The number of nitrogens with one attached hydrogen (secondary N) is 1. The first kappa shape index (κ1) is 30.4. The minimum Gasteiger partial charge on any atom is -0.352 e. The lowest BCUT2D eigenvalue weighted by atomic mass is 10.1. The summed E-state index contributed by atoms with van der Waals surface area (Å²) in [5, 5.41) is 3.44. The van der Waals surface area contributed by atoms with E-state index in [0.717, 1.165) is 16.4 Å². The van der Waals surface area contributed by atoms with Gasteiger partial charge >= 0.3 is 0 Å². The van der Waals surface area contributed by atoms with Gasteiger partial charge in [-0.2, -0.15) is 0 Å². The van der Waals surface area contributed by atoms with Gasteiger partial charge < -0.3 is 10.2 Å². The van der Waals surface area contributed by atoms with Gasteiger partial charge in [0, 0.05) is 12.6 Å². The SMILES string of the molecule is CC[C@H](C(=O)NC(C)C)N(Cc1ccc(Cl)c(Cl)c1)C(=O)CN(c1ccc(F)cc1)S(=O)(=O)c1ccccc1. The van der Waals surface area contributed by atoms with Gasteiger partial charge in [-0.15, -0.1) is 0 Å². The third-order valence-electron chi connectivity index (χ3n) is 5.88. The van der Waals surface area contributed by atoms with E-state index in [2.05, 4.69) is 5.32 Å². The fraction of sp³-hybridized carbons (Fsp3) is 0.286. The summed E-state index contributed by atoms with van der Waals surface area (Å²) < 4.78 is 42.0. The molecule has 11 heteroatoms. The van der Waals surface area contributed by atoms with Crippen LogP contribution in [0.25, 0.3) is 0 Å². The Kier molecular flexibility index (Phi) is 10.4. The average Bonchev–Trinajstić information content (AvgIpc) is 2.89. The summed E-state index contributed by atoms with van der Waals surface area (Å²) in [6.07, 6.45) is 0.271. The van der Waals surface area contributed by atoms with Crippen LogP contribution < -0.4 is 9.62 Å². The number of benzene rings is 3. The molecule has 0 aliphatic rings. The highest BCUT2D eigenvalue weighted by molar-refractivity contribution is 7.92. The molecular weight excluding hydrogens is 564 g/mol. The molecule has 2 amide bonds. The first-order chi connectivity index (χ1) is 18.4. The van der Waals surface area contributed by atoms with Crippen LogP contribution in [0.4, 0.5) is 10.1 Å². The molecule has 0 radical (unpaired) electrons. The molecule has 0 aliphatic carbocycles. The second-order valence-corrected chi connectivity index (χ2v) is 11.8. The minimum absolute atomic E-state index is 0.0254. The molecule has 0 saturated heterocycles. The molecule has 0 aromatic heterocycles. The Morgan fingerprint density at radius 2 is 1.59 bits per heavy atom. The molecule has 1 N–H and O–H groups in total. The molecule has 3 rings (SSSR count). The molecule has 1 atom stereocenters. The van der Waals surface area contributed by atoms with Gasteiger partial charge in [0.15, 0.2) is 0 Å². The maximum atomic E-state index is 13.9. The van der Waals surface area contributed by atoms with Crippen LogP contribution in [-0.4, -0.2) is 43.8 Å². The van der Waals surface area contributed by atoms with Crippen molar-refractivity contribution in [2.24, 2.45) is 0 Å². The lowest BCUT2D eigenvalue weighted by Crippen LogP contribution is -2.53. The zero-order chi connectivity index (χ0) is 28.7. The van der Waals surface area contributed by atoms with Gasteiger partial charge in [0.25, 0.3) is 10.0 Å². The normalized spacial score (nSPS) is 12.2. The number of amides is 2. The Labute approximate surface area is 238 Å². The fourth-order valence-corrected chi connectivity index (χ4v) is 5.75. The molecule has 0 unspecified atom stereocenters. The van der Waals surface area contributed by atoms with Crippen molar-refractivity contribution in [2.45, 2.75) is 50.7 Å². The molecule has 3 aromatic carbocycles. The van der Waals surface area contributed by atoms with E-state index in [-0.39, 0.29) is 40.5 Å². The van der Waals surface area contributed by atoms with Gasteiger partial charge in [0.1, 0.15) is 18.4 Å². The van der Waals surface area contributed by atoms with Crippen molar-refractivity contribution >= 4 is 50.7 Å². The molecule has 0 aliphatic heterocycles. The van der Waals surface area contributed by atoms with Gasteiger partial charge in [-0.3, -0.25) is 13.9 Å². The number of nitrogens with zero attached hydrogens (tertiary/aromatic N) is 2. The second-order valence-electron chi connectivity index (χ2n) is 9.16.